The van der Waals surface area contributed by atoms with Crippen LogP contribution in [0.15, 0.2) is 59.5 Å². The summed E-state index contributed by atoms with van der Waals surface area (Å²) in [5.74, 6) is 0.608. The molecule has 1 aliphatic carbocycles. The van der Waals surface area contributed by atoms with Crippen LogP contribution in [0.25, 0.3) is 0 Å². The van der Waals surface area contributed by atoms with Crippen LogP contribution in [0, 0.1) is 0 Å². The average Bonchev–Trinajstić information content (AvgIpc) is 2.88. The lowest BCUT2D eigenvalue weighted by Crippen LogP contribution is -2.48. The lowest BCUT2D eigenvalue weighted by Gasteiger charge is -2.35. The van der Waals surface area contributed by atoms with Crippen molar-refractivity contribution in [3.8, 4) is 0 Å². The molecule has 4 rings (SSSR count). The molecule has 1 saturated carbocycles. The molecule has 0 unspecified atom stereocenters. The third-order valence-electron chi connectivity index (χ3n) is 6.89. The summed E-state index contributed by atoms with van der Waals surface area (Å²) in [6.45, 7) is 4.13. The summed E-state index contributed by atoms with van der Waals surface area (Å²) in [6.07, 6.45) is 5.93. The zero-order valence-corrected chi connectivity index (χ0v) is 20.4. The molecule has 176 valence electrons. The van der Waals surface area contributed by atoms with Gasteiger partial charge in [0.1, 0.15) is 0 Å². The molecule has 6 heteroatoms. The minimum absolute atomic E-state index is 0.0746. The zero-order valence-electron chi connectivity index (χ0n) is 19.6. The molecule has 0 N–H and O–H groups in total. The molecular formula is C27H35N3O2S. The molecule has 1 saturated heterocycles. The van der Waals surface area contributed by atoms with Gasteiger partial charge in [0.25, 0.3) is 5.91 Å². The van der Waals surface area contributed by atoms with E-state index in [2.05, 4.69) is 29.2 Å². The van der Waals surface area contributed by atoms with Crippen LogP contribution < -0.4 is 0 Å². The van der Waals surface area contributed by atoms with E-state index in [0.717, 1.165) is 50.5 Å². The molecule has 2 aromatic rings. The first-order valence-corrected chi connectivity index (χ1v) is 13.1. The van der Waals surface area contributed by atoms with Crippen molar-refractivity contribution in [1.29, 1.82) is 0 Å². The molecule has 1 heterocycles. The Bertz CT molecular complexity index is 922. The molecule has 33 heavy (non-hydrogen) atoms. The second-order valence-electron chi connectivity index (χ2n) is 9.14. The van der Waals surface area contributed by atoms with Crippen molar-refractivity contribution >= 4 is 23.6 Å². The third-order valence-corrected chi connectivity index (χ3v) is 7.95. The molecule has 0 aromatic heterocycles. The maximum absolute atomic E-state index is 13.3. The van der Waals surface area contributed by atoms with Crippen molar-refractivity contribution < 1.29 is 9.59 Å². The standard InChI is InChI=1S/C27H35N3O2S/c1-28(23-12-6-3-7-13-23)26(31)21-33-25-15-9-8-14-24(25)27(32)30-18-16-29(17-19-30)20-22-10-4-2-5-11-22/h2,4-5,8-11,14-15,23H,3,6-7,12-13,16-21H2,1H3. The summed E-state index contributed by atoms with van der Waals surface area (Å²) in [5, 5.41) is 0. The van der Waals surface area contributed by atoms with Gasteiger partial charge in [-0.25, -0.2) is 0 Å². The number of benzene rings is 2. The van der Waals surface area contributed by atoms with E-state index in [1.807, 2.05) is 47.2 Å². The van der Waals surface area contributed by atoms with Crippen LogP contribution in [0.2, 0.25) is 0 Å². The molecule has 0 radical (unpaired) electrons. The first kappa shape index (κ1) is 23.8. The van der Waals surface area contributed by atoms with E-state index in [1.54, 1.807) is 0 Å². The van der Waals surface area contributed by atoms with E-state index < -0.39 is 0 Å². The Kier molecular flexibility index (Phi) is 8.46. The zero-order chi connectivity index (χ0) is 23.0. The molecule has 2 fully saturated rings. The Morgan fingerprint density at radius 1 is 0.909 bits per heavy atom. The van der Waals surface area contributed by atoms with Crippen LogP contribution in [0.3, 0.4) is 0 Å². The highest BCUT2D eigenvalue weighted by Gasteiger charge is 2.25. The summed E-state index contributed by atoms with van der Waals surface area (Å²) in [6, 6.07) is 18.6. The van der Waals surface area contributed by atoms with Crippen molar-refractivity contribution in [2.75, 3.05) is 39.0 Å². The van der Waals surface area contributed by atoms with Gasteiger partial charge in [-0.05, 0) is 30.5 Å². The van der Waals surface area contributed by atoms with Gasteiger partial charge in [-0.2, -0.15) is 0 Å². The number of amides is 2. The fourth-order valence-corrected chi connectivity index (χ4v) is 5.77. The van der Waals surface area contributed by atoms with E-state index in [1.165, 1.54) is 36.6 Å². The van der Waals surface area contributed by atoms with Crippen LogP contribution >= 0.6 is 11.8 Å². The minimum atomic E-state index is 0.0746. The molecule has 5 nitrogen and oxygen atoms in total. The highest BCUT2D eigenvalue weighted by molar-refractivity contribution is 8.00. The Labute approximate surface area is 202 Å². The van der Waals surface area contributed by atoms with Crippen molar-refractivity contribution in [2.24, 2.45) is 0 Å². The average molecular weight is 466 g/mol. The second-order valence-corrected chi connectivity index (χ2v) is 10.2. The van der Waals surface area contributed by atoms with E-state index in [-0.39, 0.29) is 11.8 Å². The predicted molar refractivity (Wildman–Crippen MR) is 134 cm³/mol. The highest BCUT2D eigenvalue weighted by Crippen LogP contribution is 2.27. The number of carbonyl (C=O) groups excluding carboxylic acids is 2. The van der Waals surface area contributed by atoms with Crippen LogP contribution in [0.4, 0.5) is 0 Å². The molecule has 0 atom stereocenters. The number of thioether (sulfide) groups is 1. The number of rotatable bonds is 7. The van der Waals surface area contributed by atoms with Crippen LogP contribution in [-0.2, 0) is 11.3 Å². The lowest BCUT2D eigenvalue weighted by molar-refractivity contribution is -0.129. The van der Waals surface area contributed by atoms with Gasteiger partial charge in [-0.1, -0.05) is 61.7 Å². The quantitative estimate of drug-likeness (QED) is 0.564. The van der Waals surface area contributed by atoms with Gasteiger partial charge < -0.3 is 9.80 Å². The molecule has 2 aliphatic rings. The van der Waals surface area contributed by atoms with Gasteiger partial charge in [0, 0.05) is 50.7 Å². The van der Waals surface area contributed by atoms with Crippen LogP contribution in [0.5, 0.6) is 0 Å². The number of hydrogen-bond acceptors (Lipinski definition) is 4. The maximum atomic E-state index is 13.3. The minimum Gasteiger partial charge on any atom is -0.342 e. The molecule has 2 amide bonds. The number of piperazine rings is 1. The Morgan fingerprint density at radius 2 is 1.58 bits per heavy atom. The molecule has 0 spiro atoms. The van der Waals surface area contributed by atoms with Crippen molar-refractivity contribution in [2.45, 2.75) is 49.6 Å². The molecule has 1 aliphatic heterocycles. The normalized spacial score (nSPS) is 17.7. The van der Waals surface area contributed by atoms with Gasteiger partial charge in [-0.15, -0.1) is 11.8 Å². The van der Waals surface area contributed by atoms with E-state index >= 15 is 0 Å². The highest BCUT2D eigenvalue weighted by atomic mass is 32.2. The van der Waals surface area contributed by atoms with Gasteiger partial charge >= 0.3 is 0 Å². The number of carbonyl (C=O) groups is 2. The topological polar surface area (TPSA) is 43.9 Å². The van der Waals surface area contributed by atoms with Gasteiger partial charge in [0.2, 0.25) is 5.91 Å². The molecule has 0 bridgehead atoms. The Hall–Kier alpha value is -2.31. The summed E-state index contributed by atoms with van der Waals surface area (Å²) in [4.78, 5) is 33.3. The number of hydrogen-bond donors (Lipinski definition) is 0. The monoisotopic (exact) mass is 465 g/mol. The first-order valence-electron chi connectivity index (χ1n) is 12.1. The Balaban J connectivity index is 1.31. The third kappa shape index (κ3) is 6.39. The summed E-state index contributed by atoms with van der Waals surface area (Å²) >= 11 is 1.49. The van der Waals surface area contributed by atoms with E-state index in [0.29, 0.717) is 17.4 Å². The van der Waals surface area contributed by atoms with Gasteiger partial charge in [0.05, 0.1) is 11.3 Å². The largest absolute Gasteiger partial charge is 0.342 e. The molecular weight excluding hydrogens is 430 g/mol. The predicted octanol–water partition coefficient (Wildman–Crippen LogP) is 4.53. The van der Waals surface area contributed by atoms with Crippen molar-refractivity contribution in [3.63, 3.8) is 0 Å². The lowest BCUT2D eigenvalue weighted by atomic mass is 9.94. The first-order chi connectivity index (χ1) is 16.1. The summed E-state index contributed by atoms with van der Waals surface area (Å²) in [5.41, 5.74) is 2.02. The molecule has 2 aromatic carbocycles. The van der Waals surface area contributed by atoms with Gasteiger partial charge in [-0.3, -0.25) is 14.5 Å². The van der Waals surface area contributed by atoms with Gasteiger partial charge in [0.15, 0.2) is 0 Å². The fourth-order valence-electron chi connectivity index (χ4n) is 4.80. The van der Waals surface area contributed by atoms with Crippen molar-refractivity contribution in [1.82, 2.24) is 14.7 Å². The second kappa shape index (κ2) is 11.7. The van der Waals surface area contributed by atoms with E-state index in [9.17, 15) is 9.59 Å². The Morgan fingerprint density at radius 3 is 2.30 bits per heavy atom. The summed E-state index contributed by atoms with van der Waals surface area (Å²) < 4.78 is 0. The fraction of sp³-hybridized carbons (Fsp3) is 0.481. The SMILES string of the molecule is CN(C(=O)CSc1ccccc1C(=O)N1CCN(Cc2ccccc2)CC1)C1CCCCC1. The summed E-state index contributed by atoms with van der Waals surface area (Å²) in [7, 11) is 1.94. The van der Waals surface area contributed by atoms with E-state index in [4.69, 9.17) is 0 Å². The number of nitrogens with zero attached hydrogens (tertiary/aromatic N) is 3. The van der Waals surface area contributed by atoms with Crippen LogP contribution in [0.1, 0.15) is 48.0 Å². The van der Waals surface area contributed by atoms with Crippen LogP contribution in [-0.4, -0.2) is 71.5 Å². The van der Waals surface area contributed by atoms with Crippen molar-refractivity contribution in [3.05, 3.63) is 65.7 Å². The maximum Gasteiger partial charge on any atom is 0.255 e. The smallest absolute Gasteiger partial charge is 0.255 e.